The summed E-state index contributed by atoms with van der Waals surface area (Å²) in [6.07, 6.45) is -4.44. The maximum absolute atomic E-state index is 13.1. The number of benzene rings is 2. The molecule has 3 aromatic rings. The third kappa shape index (κ3) is 3.09. The van der Waals surface area contributed by atoms with E-state index in [0.29, 0.717) is 23.3 Å². The number of nitrogens with zero attached hydrogens (tertiary/aromatic N) is 2. The Morgan fingerprint density at radius 3 is 2.59 bits per heavy atom. The number of pyridine rings is 1. The molecule has 1 amide bonds. The highest BCUT2D eigenvalue weighted by atomic mass is 19.4. The van der Waals surface area contributed by atoms with E-state index in [4.69, 9.17) is 5.21 Å². The van der Waals surface area contributed by atoms with Crippen molar-refractivity contribution >= 4 is 22.6 Å². The Balaban J connectivity index is 1.80. The predicted octanol–water partition coefficient (Wildman–Crippen LogP) is 4.63. The summed E-state index contributed by atoms with van der Waals surface area (Å²) in [6.45, 7) is 4.25. The third-order valence-corrected chi connectivity index (χ3v) is 5.45. The van der Waals surface area contributed by atoms with Crippen LogP contribution in [0.2, 0.25) is 0 Å². The highest BCUT2D eigenvalue weighted by Gasteiger charge is 2.40. The van der Waals surface area contributed by atoms with E-state index in [1.54, 1.807) is 29.7 Å². The van der Waals surface area contributed by atoms with Crippen LogP contribution in [-0.4, -0.2) is 16.1 Å². The fourth-order valence-corrected chi connectivity index (χ4v) is 3.90. The molecule has 2 N–H and O–H groups in total. The lowest BCUT2D eigenvalue weighted by atomic mass is 9.91. The normalized spacial score (nSPS) is 15.4. The summed E-state index contributed by atoms with van der Waals surface area (Å²) in [4.78, 5) is 18.4. The highest BCUT2D eigenvalue weighted by molar-refractivity contribution is 5.96. The van der Waals surface area contributed by atoms with E-state index < -0.39 is 23.2 Å². The number of alkyl halides is 3. The van der Waals surface area contributed by atoms with Crippen LogP contribution in [0.4, 0.5) is 19.0 Å². The molecular formula is C21H18F3N3O2. The Morgan fingerprint density at radius 1 is 1.17 bits per heavy atom. The molecule has 0 atom stereocenters. The Bertz CT molecular complexity index is 1130. The van der Waals surface area contributed by atoms with E-state index in [-0.39, 0.29) is 5.52 Å². The number of hydrogen-bond donors (Lipinski definition) is 2. The van der Waals surface area contributed by atoms with Crippen LogP contribution in [0, 0.1) is 0 Å². The standard InChI is InChI=1S/C21H18F3N3O2/c1-20(2)16-5-3-4-14(19(28)26-29)15(16)11-27(20)18-9-7-12-6-8-13(21(22,23)24)10-17(12)25-18/h3-10,29H,11H2,1-2H3,(H,26,28). The summed E-state index contributed by atoms with van der Waals surface area (Å²) in [5, 5.41) is 9.63. The molecule has 2 aromatic carbocycles. The van der Waals surface area contributed by atoms with Gasteiger partial charge in [-0.3, -0.25) is 10.0 Å². The van der Waals surface area contributed by atoms with Crippen molar-refractivity contribution < 1.29 is 23.2 Å². The summed E-state index contributed by atoms with van der Waals surface area (Å²) in [6, 6.07) is 12.2. The van der Waals surface area contributed by atoms with Crippen LogP contribution >= 0.6 is 0 Å². The van der Waals surface area contributed by atoms with Crippen LogP contribution < -0.4 is 10.4 Å². The van der Waals surface area contributed by atoms with Crippen LogP contribution in [0.5, 0.6) is 0 Å². The lowest BCUT2D eigenvalue weighted by Crippen LogP contribution is -2.35. The van der Waals surface area contributed by atoms with Crippen molar-refractivity contribution in [3.05, 3.63) is 70.8 Å². The van der Waals surface area contributed by atoms with E-state index in [2.05, 4.69) is 4.98 Å². The molecule has 1 aromatic heterocycles. The van der Waals surface area contributed by atoms with Crippen molar-refractivity contribution in [2.45, 2.75) is 32.1 Å². The number of halogens is 3. The monoisotopic (exact) mass is 401 g/mol. The van der Waals surface area contributed by atoms with Crippen molar-refractivity contribution in [1.29, 1.82) is 0 Å². The van der Waals surface area contributed by atoms with Crippen molar-refractivity contribution in [3.8, 4) is 0 Å². The number of hydrogen-bond acceptors (Lipinski definition) is 4. The quantitative estimate of drug-likeness (QED) is 0.486. The number of amides is 1. The zero-order valence-corrected chi connectivity index (χ0v) is 15.7. The minimum Gasteiger partial charge on any atom is -0.343 e. The van der Waals surface area contributed by atoms with E-state index in [9.17, 15) is 18.0 Å². The highest BCUT2D eigenvalue weighted by Crippen LogP contribution is 2.43. The van der Waals surface area contributed by atoms with Crippen LogP contribution in [0.3, 0.4) is 0 Å². The first kappa shape index (κ1) is 19.2. The number of aromatic nitrogens is 1. The maximum atomic E-state index is 13.1. The van der Waals surface area contributed by atoms with Crippen LogP contribution in [0.25, 0.3) is 10.9 Å². The number of carbonyl (C=O) groups excluding carboxylic acids is 1. The molecular weight excluding hydrogens is 383 g/mol. The molecule has 0 aliphatic carbocycles. The fourth-order valence-electron chi connectivity index (χ4n) is 3.90. The van der Waals surface area contributed by atoms with Gasteiger partial charge in [-0.1, -0.05) is 18.2 Å². The van der Waals surface area contributed by atoms with E-state index >= 15 is 0 Å². The Hall–Kier alpha value is -3.13. The predicted molar refractivity (Wildman–Crippen MR) is 102 cm³/mol. The molecule has 0 saturated heterocycles. The number of fused-ring (bicyclic) bond motifs is 2. The van der Waals surface area contributed by atoms with Gasteiger partial charge in [-0.15, -0.1) is 0 Å². The summed E-state index contributed by atoms with van der Waals surface area (Å²) < 4.78 is 39.2. The molecule has 1 aliphatic heterocycles. The summed E-state index contributed by atoms with van der Waals surface area (Å²) in [5.41, 5.74) is 2.59. The summed E-state index contributed by atoms with van der Waals surface area (Å²) in [5.74, 6) is -0.103. The van der Waals surface area contributed by atoms with Gasteiger partial charge in [0.05, 0.1) is 16.6 Å². The second-order valence-corrected chi connectivity index (χ2v) is 7.49. The van der Waals surface area contributed by atoms with Gasteiger partial charge < -0.3 is 4.90 Å². The molecule has 0 spiro atoms. The van der Waals surface area contributed by atoms with Crippen LogP contribution in [-0.2, 0) is 18.3 Å². The largest absolute Gasteiger partial charge is 0.416 e. The molecule has 0 radical (unpaired) electrons. The molecule has 4 rings (SSSR count). The average molecular weight is 401 g/mol. The second kappa shape index (κ2) is 6.45. The molecule has 5 nitrogen and oxygen atoms in total. The Labute approximate surface area is 164 Å². The third-order valence-electron chi connectivity index (χ3n) is 5.45. The molecule has 0 unspecified atom stereocenters. The zero-order chi connectivity index (χ0) is 21.0. The lowest BCUT2D eigenvalue weighted by Gasteiger charge is -2.33. The molecule has 29 heavy (non-hydrogen) atoms. The molecule has 0 bridgehead atoms. The van der Waals surface area contributed by atoms with Gasteiger partial charge >= 0.3 is 6.18 Å². The zero-order valence-electron chi connectivity index (χ0n) is 15.7. The Morgan fingerprint density at radius 2 is 1.90 bits per heavy atom. The molecule has 1 aliphatic rings. The van der Waals surface area contributed by atoms with E-state index in [1.165, 1.54) is 6.07 Å². The van der Waals surface area contributed by atoms with Gasteiger partial charge in [0, 0.05) is 17.5 Å². The number of hydroxylamine groups is 1. The first-order valence-corrected chi connectivity index (χ1v) is 8.95. The fraction of sp³-hybridized carbons (Fsp3) is 0.238. The number of carbonyl (C=O) groups is 1. The van der Waals surface area contributed by atoms with Gasteiger partial charge in [-0.2, -0.15) is 13.2 Å². The minimum atomic E-state index is -4.44. The van der Waals surface area contributed by atoms with Crippen LogP contribution in [0.15, 0.2) is 48.5 Å². The van der Waals surface area contributed by atoms with Gasteiger partial charge in [0.2, 0.25) is 0 Å². The number of rotatable bonds is 2. The van der Waals surface area contributed by atoms with Crippen molar-refractivity contribution in [2.24, 2.45) is 0 Å². The van der Waals surface area contributed by atoms with Gasteiger partial charge in [0.1, 0.15) is 5.82 Å². The number of anilines is 1. The molecule has 0 fully saturated rings. The van der Waals surface area contributed by atoms with E-state index in [0.717, 1.165) is 23.3 Å². The first-order chi connectivity index (χ1) is 13.6. The maximum Gasteiger partial charge on any atom is 0.416 e. The summed E-state index contributed by atoms with van der Waals surface area (Å²) >= 11 is 0. The minimum absolute atomic E-state index is 0.248. The van der Waals surface area contributed by atoms with E-state index in [1.807, 2.05) is 24.8 Å². The van der Waals surface area contributed by atoms with Crippen molar-refractivity contribution in [3.63, 3.8) is 0 Å². The SMILES string of the molecule is CC1(C)c2cccc(C(=O)NO)c2CN1c1ccc2ccc(C(F)(F)F)cc2n1. The molecule has 150 valence electrons. The van der Waals surface area contributed by atoms with Gasteiger partial charge in [0.15, 0.2) is 0 Å². The topological polar surface area (TPSA) is 65.5 Å². The number of nitrogens with one attached hydrogen (secondary N) is 1. The smallest absolute Gasteiger partial charge is 0.343 e. The van der Waals surface area contributed by atoms with Crippen molar-refractivity contribution in [1.82, 2.24) is 10.5 Å². The van der Waals surface area contributed by atoms with Gasteiger partial charge in [-0.25, -0.2) is 10.5 Å². The summed E-state index contributed by atoms with van der Waals surface area (Å²) in [7, 11) is 0. The Kier molecular flexibility index (Phi) is 4.27. The molecule has 2 heterocycles. The van der Waals surface area contributed by atoms with Crippen molar-refractivity contribution in [2.75, 3.05) is 4.90 Å². The molecule has 8 heteroatoms. The second-order valence-electron chi connectivity index (χ2n) is 7.49. The average Bonchev–Trinajstić information content (AvgIpc) is 2.96. The van der Waals surface area contributed by atoms with Gasteiger partial charge in [-0.05, 0) is 55.3 Å². The molecule has 0 saturated carbocycles. The van der Waals surface area contributed by atoms with Crippen LogP contribution in [0.1, 0.15) is 40.9 Å². The first-order valence-electron chi connectivity index (χ1n) is 8.95. The lowest BCUT2D eigenvalue weighted by molar-refractivity contribution is -0.137. The van der Waals surface area contributed by atoms with Gasteiger partial charge in [0.25, 0.3) is 5.91 Å².